The van der Waals surface area contributed by atoms with Crippen LogP contribution >= 0.6 is 0 Å². The maximum absolute atomic E-state index is 13.2. The van der Waals surface area contributed by atoms with Crippen molar-refractivity contribution in [2.45, 2.75) is 25.9 Å². The number of carbonyl (C=O) groups is 1. The Morgan fingerprint density at radius 3 is 2.71 bits per heavy atom. The average Bonchev–Trinajstić information content (AvgIpc) is 3.15. The lowest BCUT2D eigenvalue weighted by Crippen LogP contribution is -2.38. The molecule has 1 N–H and O–H groups in total. The van der Waals surface area contributed by atoms with Crippen LogP contribution in [0, 0.1) is 11.7 Å². The molecule has 1 aromatic heterocycles. The van der Waals surface area contributed by atoms with Gasteiger partial charge in [0, 0.05) is 30.6 Å². The van der Waals surface area contributed by atoms with Crippen LogP contribution in [0.4, 0.5) is 4.39 Å². The summed E-state index contributed by atoms with van der Waals surface area (Å²) in [5.74, 6) is 0.421. The number of carbonyl (C=O) groups excluding carboxylic acids is 1. The highest BCUT2D eigenvalue weighted by Crippen LogP contribution is 2.23. The third-order valence-electron chi connectivity index (χ3n) is 5.49. The lowest BCUT2D eigenvalue weighted by atomic mass is 9.94. The minimum atomic E-state index is -0.229. The predicted molar refractivity (Wildman–Crippen MR) is 108 cm³/mol. The van der Waals surface area contributed by atoms with E-state index in [9.17, 15) is 9.18 Å². The molecule has 2 aromatic carbocycles. The molecule has 1 fully saturated rings. The fourth-order valence-corrected chi connectivity index (χ4v) is 3.85. The van der Waals surface area contributed by atoms with Gasteiger partial charge in [-0.2, -0.15) is 0 Å². The van der Waals surface area contributed by atoms with E-state index in [1.54, 1.807) is 6.07 Å². The third-order valence-corrected chi connectivity index (χ3v) is 5.49. The molecular formula is C23H25FN2O2. The molecule has 28 heavy (non-hydrogen) atoms. The van der Waals surface area contributed by atoms with Gasteiger partial charge in [-0.3, -0.25) is 4.79 Å². The zero-order valence-electron chi connectivity index (χ0n) is 15.9. The molecule has 1 amide bonds. The van der Waals surface area contributed by atoms with Crippen molar-refractivity contribution in [2.24, 2.45) is 5.92 Å². The molecule has 0 saturated carbocycles. The highest BCUT2D eigenvalue weighted by Gasteiger charge is 2.24. The van der Waals surface area contributed by atoms with Crippen molar-refractivity contribution in [2.75, 3.05) is 19.7 Å². The quantitative estimate of drug-likeness (QED) is 0.626. The number of halogens is 1. The molecule has 0 spiro atoms. The Kier molecular flexibility index (Phi) is 5.72. The van der Waals surface area contributed by atoms with Gasteiger partial charge in [-0.15, -0.1) is 0 Å². The van der Waals surface area contributed by atoms with Gasteiger partial charge in [0.15, 0.2) is 0 Å². The summed E-state index contributed by atoms with van der Waals surface area (Å²) in [4.78, 5) is 17.9. The standard InChI is InChI=1S/C23H25FN2O2/c24-20-6-3-4-18(14-20)16-28-13-10-17-8-11-26(12-9-17)23(27)22-15-19-5-1-2-7-21(19)25-22/h1-7,14-15,17,25H,8-13,16H2. The van der Waals surface area contributed by atoms with Crippen LogP contribution < -0.4 is 0 Å². The number of hydrogen-bond donors (Lipinski definition) is 1. The summed E-state index contributed by atoms with van der Waals surface area (Å²) < 4.78 is 18.9. The Hall–Kier alpha value is -2.66. The van der Waals surface area contributed by atoms with E-state index in [-0.39, 0.29) is 11.7 Å². The van der Waals surface area contributed by atoms with Crippen LogP contribution in [-0.2, 0) is 11.3 Å². The number of para-hydroxylation sites is 1. The SMILES string of the molecule is O=C(c1cc2ccccc2[nH]1)N1CCC(CCOCc2cccc(F)c2)CC1. The first-order chi connectivity index (χ1) is 13.7. The largest absolute Gasteiger partial charge is 0.377 e. The zero-order valence-corrected chi connectivity index (χ0v) is 15.9. The van der Waals surface area contributed by atoms with E-state index in [2.05, 4.69) is 4.98 Å². The lowest BCUT2D eigenvalue weighted by Gasteiger charge is -2.31. The first kappa shape index (κ1) is 18.7. The predicted octanol–water partition coefficient (Wildman–Crippen LogP) is 4.77. The van der Waals surface area contributed by atoms with Crippen LogP contribution in [0.3, 0.4) is 0 Å². The molecule has 0 bridgehead atoms. The monoisotopic (exact) mass is 380 g/mol. The molecule has 1 aliphatic heterocycles. The Morgan fingerprint density at radius 2 is 1.93 bits per heavy atom. The second-order valence-electron chi connectivity index (χ2n) is 7.48. The molecule has 1 aliphatic rings. The Bertz CT molecular complexity index is 911. The summed E-state index contributed by atoms with van der Waals surface area (Å²) in [6.07, 6.45) is 2.97. The number of ether oxygens (including phenoxy) is 1. The number of piperidine rings is 1. The maximum atomic E-state index is 13.2. The van der Waals surface area contributed by atoms with Gasteiger partial charge in [0.25, 0.3) is 5.91 Å². The van der Waals surface area contributed by atoms with Gasteiger partial charge < -0.3 is 14.6 Å². The number of aromatic nitrogens is 1. The van der Waals surface area contributed by atoms with Gasteiger partial charge in [-0.25, -0.2) is 4.39 Å². The average molecular weight is 380 g/mol. The number of likely N-dealkylation sites (tertiary alicyclic amines) is 1. The molecule has 3 aromatic rings. The highest BCUT2D eigenvalue weighted by molar-refractivity contribution is 5.98. The van der Waals surface area contributed by atoms with E-state index in [0.29, 0.717) is 24.8 Å². The second-order valence-corrected chi connectivity index (χ2v) is 7.48. The van der Waals surface area contributed by atoms with Crippen molar-refractivity contribution in [3.63, 3.8) is 0 Å². The molecule has 146 valence electrons. The maximum Gasteiger partial charge on any atom is 0.270 e. The van der Waals surface area contributed by atoms with E-state index in [1.165, 1.54) is 12.1 Å². The van der Waals surface area contributed by atoms with E-state index in [1.807, 2.05) is 41.3 Å². The molecule has 0 atom stereocenters. The van der Waals surface area contributed by atoms with Crippen molar-refractivity contribution in [3.05, 3.63) is 71.7 Å². The van der Waals surface area contributed by atoms with Gasteiger partial charge in [0.1, 0.15) is 11.5 Å². The second kappa shape index (κ2) is 8.57. The number of benzene rings is 2. The van der Waals surface area contributed by atoms with Gasteiger partial charge in [-0.05, 0) is 55.0 Å². The minimum Gasteiger partial charge on any atom is -0.377 e. The summed E-state index contributed by atoms with van der Waals surface area (Å²) in [6, 6.07) is 16.4. The lowest BCUT2D eigenvalue weighted by molar-refractivity contribution is 0.0634. The molecular weight excluding hydrogens is 355 g/mol. The van der Waals surface area contributed by atoms with Crippen molar-refractivity contribution in [1.29, 1.82) is 0 Å². The minimum absolute atomic E-state index is 0.0806. The van der Waals surface area contributed by atoms with Crippen LogP contribution in [0.5, 0.6) is 0 Å². The first-order valence-corrected chi connectivity index (χ1v) is 9.88. The first-order valence-electron chi connectivity index (χ1n) is 9.88. The molecule has 0 unspecified atom stereocenters. The molecule has 0 radical (unpaired) electrons. The Labute approximate surface area is 164 Å². The van der Waals surface area contributed by atoms with Gasteiger partial charge >= 0.3 is 0 Å². The topological polar surface area (TPSA) is 45.3 Å². The smallest absolute Gasteiger partial charge is 0.270 e. The highest BCUT2D eigenvalue weighted by atomic mass is 19.1. The number of aromatic amines is 1. The Morgan fingerprint density at radius 1 is 1.11 bits per heavy atom. The third kappa shape index (κ3) is 4.42. The molecule has 4 rings (SSSR count). The van der Waals surface area contributed by atoms with E-state index in [0.717, 1.165) is 48.8 Å². The molecule has 2 heterocycles. The number of nitrogens with zero attached hydrogens (tertiary/aromatic N) is 1. The summed E-state index contributed by atoms with van der Waals surface area (Å²) >= 11 is 0. The van der Waals surface area contributed by atoms with Crippen LogP contribution in [0.1, 0.15) is 35.3 Å². The van der Waals surface area contributed by atoms with Crippen molar-refractivity contribution in [1.82, 2.24) is 9.88 Å². The fourth-order valence-electron chi connectivity index (χ4n) is 3.85. The number of nitrogens with one attached hydrogen (secondary N) is 1. The van der Waals surface area contributed by atoms with Crippen LogP contribution in [0.25, 0.3) is 10.9 Å². The molecule has 1 saturated heterocycles. The number of H-pyrrole nitrogens is 1. The summed E-state index contributed by atoms with van der Waals surface area (Å²) in [5, 5.41) is 1.07. The van der Waals surface area contributed by atoms with E-state index < -0.39 is 0 Å². The van der Waals surface area contributed by atoms with E-state index in [4.69, 9.17) is 4.74 Å². The molecule has 0 aliphatic carbocycles. The van der Waals surface area contributed by atoms with Gasteiger partial charge in [-0.1, -0.05) is 30.3 Å². The Balaban J connectivity index is 1.21. The zero-order chi connectivity index (χ0) is 19.3. The van der Waals surface area contributed by atoms with Gasteiger partial charge in [0.05, 0.1) is 6.61 Å². The number of fused-ring (bicyclic) bond motifs is 1. The van der Waals surface area contributed by atoms with Crippen LogP contribution in [0.2, 0.25) is 0 Å². The summed E-state index contributed by atoms with van der Waals surface area (Å²) in [5.41, 5.74) is 2.52. The summed E-state index contributed by atoms with van der Waals surface area (Å²) in [6.45, 7) is 2.66. The summed E-state index contributed by atoms with van der Waals surface area (Å²) in [7, 11) is 0. The normalized spacial score (nSPS) is 15.2. The van der Waals surface area contributed by atoms with Crippen molar-refractivity contribution >= 4 is 16.8 Å². The molecule has 4 nitrogen and oxygen atoms in total. The number of hydrogen-bond acceptors (Lipinski definition) is 2. The number of amides is 1. The fraction of sp³-hybridized carbons (Fsp3) is 0.348. The number of rotatable bonds is 6. The van der Waals surface area contributed by atoms with Crippen molar-refractivity contribution in [3.8, 4) is 0 Å². The van der Waals surface area contributed by atoms with E-state index >= 15 is 0 Å². The van der Waals surface area contributed by atoms with Crippen LogP contribution in [-0.4, -0.2) is 35.5 Å². The molecule has 5 heteroatoms. The van der Waals surface area contributed by atoms with Gasteiger partial charge in [0.2, 0.25) is 0 Å². The van der Waals surface area contributed by atoms with Crippen molar-refractivity contribution < 1.29 is 13.9 Å². The van der Waals surface area contributed by atoms with Crippen LogP contribution in [0.15, 0.2) is 54.6 Å².